The molecule has 30 heavy (non-hydrogen) atoms. The topological polar surface area (TPSA) is 60.7 Å². The lowest BCUT2D eigenvalue weighted by Gasteiger charge is -2.24. The molecule has 0 spiro atoms. The monoisotopic (exact) mass is 442 g/mol. The Labute approximate surface area is 180 Å². The van der Waals surface area contributed by atoms with Crippen LogP contribution in [0.1, 0.15) is 37.3 Å². The van der Waals surface area contributed by atoms with Crippen molar-refractivity contribution in [3.05, 3.63) is 89.0 Å². The van der Waals surface area contributed by atoms with Crippen LogP contribution in [0.3, 0.4) is 0 Å². The number of fused-ring (bicyclic) bond motifs is 1. The molecule has 0 fully saturated rings. The van der Waals surface area contributed by atoms with E-state index in [9.17, 15) is 14.0 Å². The number of carbonyl (C=O) groups is 1. The van der Waals surface area contributed by atoms with Crippen LogP contribution in [0.2, 0.25) is 0 Å². The first kappa shape index (κ1) is 20.4. The zero-order chi connectivity index (χ0) is 21.4. The summed E-state index contributed by atoms with van der Waals surface area (Å²) in [5.74, 6) is -0.812. The molecule has 0 saturated carbocycles. The van der Waals surface area contributed by atoms with E-state index >= 15 is 0 Å². The number of benzene rings is 1. The lowest BCUT2D eigenvalue weighted by molar-refractivity contribution is -0.143. The Balaban J connectivity index is 1.91. The van der Waals surface area contributed by atoms with E-state index in [2.05, 4.69) is 4.99 Å². The highest BCUT2D eigenvalue weighted by Crippen LogP contribution is 2.33. The van der Waals surface area contributed by atoms with Gasteiger partial charge in [-0.15, -0.1) is 11.3 Å². The van der Waals surface area contributed by atoms with Crippen molar-refractivity contribution in [3.8, 4) is 0 Å². The van der Waals surface area contributed by atoms with Gasteiger partial charge in [0, 0.05) is 4.88 Å². The number of esters is 1. The SMILES string of the molecule is CC1=C(C(=O)OC(C)C)C(c2cccs2)n2c(s/c(=C/c3ccc(F)cc3)c2=O)=N1. The predicted octanol–water partition coefficient (Wildman–Crippen LogP) is 3.39. The van der Waals surface area contributed by atoms with E-state index in [1.54, 1.807) is 43.5 Å². The molecule has 5 nitrogen and oxygen atoms in total. The molecule has 1 atom stereocenters. The zero-order valence-electron chi connectivity index (χ0n) is 16.6. The molecule has 1 aromatic carbocycles. The van der Waals surface area contributed by atoms with Crippen molar-refractivity contribution < 1.29 is 13.9 Å². The van der Waals surface area contributed by atoms with Gasteiger partial charge in [-0.1, -0.05) is 29.5 Å². The van der Waals surface area contributed by atoms with Gasteiger partial charge >= 0.3 is 5.97 Å². The van der Waals surface area contributed by atoms with Crippen molar-refractivity contribution in [3.63, 3.8) is 0 Å². The molecule has 1 aliphatic heterocycles. The maximum atomic E-state index is 13.3. The summed E-state index contributed by atoms with van der Waals surface area (Å²) in [5, 5.41) is 1.91. The van der Waals surface area contributed by atoms with Crippen LogP contribution in [0.25, 0.3) is 6.08 Å². The smallest absolute Gasteiger partial charge is 0.338 e. The third-order valence-electron chi connectivity index (χ3n) is 4.56. The van der Waals surface area contributed by atoms with Crippen LogP contribution in [0.5, 0.6) is 0 Å². The Morgan fingerprint density at radius 2 is 2.00 bits per heavy atom. The van der Waals surface area contributed by atoms with E-state index in [0.29, 0.717) is 26.2 Å². The fourth-order valence-electron chi connectivity index (χ4n) is 3.29. The van der Waals surface area contributed by atoms with E-state index in [1.807, 2.05) is 17.5 Å². The molecule has 0 amide bonds. The molecule has 8 heteroatoms. The number of hydrogen-bond donors (Lipinski definition) is 0. The summed E-state index contributed by atoms with van der Waals surface area (Å²) in [4.78, 5) is 32.1. The van der Waals surface area contributed by atoms with Gasteiger partial charge in [-0.05, 0) is 56.0 Å². The fourth-order valence-corrected chi connectivity index (χ4v) is 5.16. The molecular formula is C22H19FN2O3S2. The number of rotatable bonds is 4. The maximum absolute atomic E-state index is 13.3. The molecular weight excluding hydrogens is 423 g/mol. The lowest BCUT2D eigenvalue weighted by Crippen LogP contribution is -2.39. The number of carbonyl (C=O) groups excluding carboxylic acids is 1. The number of aromatic nitrogens is 1. The maximum Gasteiger partial charge on any atom is 0.338 e. The zero-order valence-corrected chi connectivity index (χ0v) is 18.2. The summed E-state index contributed by atoms with van der Waals surface area (Å²) in [6.45, 7) is 5.33. The lowest BCUT2D eigenvalue weighted by atomic mass is 10.0. The minimum absolute atomic E-state index is 0.246. The number of thiazole rings is 1. The number of nitrogens with zero attached hydrogens (tertiary/aromatic N) is 2. The first-order chi connectivity index (χ1) is 14.3. The Bertz CT molecular complexity index is 1300. The molecule has 0 bridgehead atoms. The number of ether oxygens (including phenoxy) is 1. The van der Waals surface area contributed by atoms with Crippen molar-refractivity contribution in [2.24, 2.45) is 4.99 Å². The summed E-state index contributed by atoms with van der Waals surface area (Å²) in [6, 6.07) is 9.11. The molecule has 0 saturated heterocycles. The Hall–Kier alpha value is -2.84. The second-order valence-electron chi connectivity index (χ2n) is 7.10. The van der Waals surface area contributed by atoms with Crippen LogP contribution < -0.4 is 14.9 Å². The standard InChI is InChI=1S/C22H19FN2O3S2/c1-12(2)28-21(27)18-13(3)24-22-25(19(18)16-5-4-10-29-16)20(26)17(30-22)11-14-6-8-15(23)9-7-14/h4-12,19H,1-3H3/b17-11+. The van der Waals surface area contributed by atoms with Crippen LogP contribution in [0.15, 0.2) is 62.8 Å². The van der Waals surface area contributed by atoms with Crippen molar-refractivity contribution in [2.45, 2.75) is 32.9 Å². The van der Waals surface area contributed by atoms with Crippen LogP contribution in [-0.2, 0) is 9.53 Å². The molecule has 4 rings (SSSR count). The van der Waals surface area contributed by atoms with Gasteiger partial charge in [0.15, 0.2) is 4.80 Å². The summed E-state index contributed by atoms with van der Waals surface area (Å²) >= 11 is 2.71. The predicted molar refractivity (Wildman–Crippen MR) is 116 cm³/mol. The molecule has 1 aliphatic rings. The number of thiophene rings is 1. The van der Waals surface area contributed by atoms with Gasteiger partial charge < -0.3 is 4.74 Å². The van der Waals surface area contributed by atoms with Crippen molar-refractivity contribution in [2.75, 3.05) is 0 Å². The van der Waals surface area contributed by atoms with Gasteiger partial charge in [-0.2, -0.15) is 0 Å². The highest BCUT2D eigenvalue weighted by Gasteiger charge is 2.34. The minimum Gasteiger partial charge on any atom is -0.459 e. The Morgan fingerprint density at radius 1 is 1.27 bits per heavy atom. The highest BCUT2D eigenvalue weighted by atomic mass is 32.1. The highest BCUT2D eigenvalue weighted by molar-refractivity contribution is 7.10. The van der Waals surface area contributed by atoms with Gasteiger partial charge in [0.1, 0.15) is 11.9 Å². The van der Waals surface area contributed by atoms with Crippen molar-refractivity contribution >= 4 is 34.7 Å². The van der Waals surface area contributed by atoms with Gasteiger partial charge in [-0.25, -0.2) is 14.2 Å². The molecule has 3 aromatic rings. The van der Waals surface area contributed by atoms with Crippen LogP contribution in [0, 0.1) is 5.82 Å². The van der Waals surface area contributed by atoms with Crippen LogP contribution >= 0.6 is 22.7 Å². The minimum atomic E-state index is -0.595. The second kappa shape index (κ2) is 8.12. The van der Waals surface area contributed by atoms with Crippen LogP contribution in [0.4, 0.5) is 4.39 Å². The summed E-state index contributed by atoms with van der Waals surface area (Å²) in [6.07, 6.45) is 1.42. The van der Waals surface area contributed by atoms with Crippen molar-refractivity contribution in [1.29, 1.82) is 0 Å². The van der Waals surface area contributed by atoms with E-state index < -0.39 is 12.0 Å². The van der Waals surface area contributed by atoms with E-state index in [-0.39, 0.29) is 17.5 Å². The van der Waals surface area contributed by atoms with Gasteiger partial charge in [0.25, 0.3) is 5.56 Å². The molecule has 2 aromatic heterocycles. The molecule has 3 heterocycles. The van der Waals surface area contributed by atoms with Crippen LogP contribution in [-0.4, -0.2) is 16.6 Å². The quantitative estimate of drug-likeness (QED) is 0.582. The van der Waals surface area contributed by atoms with Gasteiger partial charge in [-0.3, -0.25) is 9.36 Å². The molecule has 0 N–H and O–H groups in total. The number of hydrogen-bond acceptors (Lipinski definition) is 6. The molecule has 0 aliphatic carbocycles. The summed E-state index contributed by atoms with van der Waals surface area (Å²) < 4.78 is 20.7. The van der Waals surface area contributed by atoms with E-state index in [0.717, 1.165) is 4.88 Å². The third kappa shape index (κ3) is 3.80. The molecule has 1 unspecified atom stereocenters. The normalized spacial score (nSPS) is 16.6. The first-order valence-electron chi connectivity index (χ1n) is 9.37. The van der Waals surface area contributed by atoms with E-state index in [1.165, 1.54) is 34.8 Å². The average Bonchev–Trinajstić information content (AvgIpc) is 3.31. The molecule has 0 radical (unpaired) electrons. The fraction of sp³-hybridized carbons (Fsp3) is 0.227. The first-order valence-corrected chi connectivity index (χ1v) is 11.1. The van der Waals surface area contributed by atoms with E-state index in [4.69, 9.17) is 4.74 Å². The molecule has 154 valence electrons. The Kier molecular flexibility index (Phi) is 5.53. The van der Waals surface area contributed by atoms with Crippen molar-refractivity contribution in [1.82, 2.24) is 4.57 Å². The third-order valence-corrected chi connectivity index (χ3v) is 6.47. The Morgan fingerprint density at radius 3 is 2.63 bits per heavy atom. The average molecular weight is 443 g/mol. The largest absolute Gasteiger partial charge is 0.459 e. The summed E-state index contributed by atoms with van der Waals surface area (Å²) in [7, 11) is 0. The van der Waals surface area contributed by atoms with Gasteiger partial charge in [0.2, 0.25) is 0 Å². The number of allylic oxidation sites excluding steroid dienone is 1. The second-order valence-corrected chi connectivity index (χ2v) is 9.09. The number of halogens is 1. The summed E-state index contributed by atoms with van der Waals surface area (Å²) in [5.41, 5.74) is 1.37. The van der Waals surface area contributed by atoms with Gasteiger partial charge in [0.05, 0.1) is 21.9 Å².